The third-order valence-corrected chi connectivity index (χ3v) is 1.76. The highest BCUT2D eigenvalue weighted by Gasteiger charge is 2.10. The quantitative estimate of drug-likeness (QED) is 0.588. The standard InChI is InChI=1S/C10H8ClFN2O/c1-2-15-6-7(4-13)10-9(12)3-8(11)5-14-10/h3,5-6H,2H2,1H3. The van der Waals surface area contributed by atoms with Crippen LogP contribution >= 0.6 is 11.6 Å². The maximum Gasteiger partial charge on any atom is 0.151 e. The molecule has 0 saturated carbocycles. The molecule has 1 heterocycles. The Balaban J connectivity index is 3.09. The largest absolute Gasteiger partial charge is 0.500 e. The van der Waals surface area contributed by atoms with Gasteiger partial charge in [0.25, 0.3) is 0 Å². The maximum atomic E-state index is 13.3. The molecule has 0 radical (unpaired) electrons. The van der Waals surface area contributed by atoms with Gasteiger partial charge in [-0.3, -0.25) is 4.98 Å². The molecular weight excluding hydrogens is 219 g/mol. The minimum absolute atomic E-state index is 0.0333. The number of nitrogens with zero attached hydrogens (tertiary/aromatic N) is 2. The highest BCUT2D eigenvalue weighted by Crippen LogP contribution is 2.18. The molecule has 0 aliphatic heterocycles. The minimum atomic E-state index is -0.644. The second-order valence-corrected chi connectivity index (χ2v) is 3.02. The second kappa shape index (κ2) is 5.32. The van der Waals surface area contributed by atoms with Crippen molar-refractivity contribution in [2.24, 2.45) is 0 Å². The summed E-state index contributed by atoms with van der Waals surface area (Å²) in [6, 6.07) is 2.90. The Morgan fingerprint density at radius 2 is 2.53 bits per heavy atom. The smallest absolute Gasteiger partial charge is 0.151 e. The summed E-state index contributed by atoms with van der Waals surface area (Å²) in [6.07, 6.45) is 2.45. The molecule has 78 valence electrons. The first-order valence-corrected chi connectivity index (χ1v) is 4.60. The Morgan fingerprint density at radius 1 is 1.80 bits per heavy atom. The molecule has 5 heteroatoms. The number of ether oxygens (including phenoxy) is 1. The predicted octanol–water partition coefficient (Wildman–Crippen LogP) is 2.78. The third-order valence-electron chi connectivity index (χ3n) is 1.55. The van der Waals surface area contributed by atoms with E-state index in [9.17, 15) is 4.39 Å². The molecule has 0 aliphatic carbocycles. The van der Waals surface area contributed by atoms with E-state index in [-0.39, 0.29) is 16.3 Å². The van der Waals surface area contributed by atoms with Crippen LogP contribution in [0.15, 0.2) is 18.5 Å². The molecule has 1 rings (SSSR count). The second-order valence-electron chi connectivity index (χ2n) is 2.58. The van der Waals surface area contributed by atoms with Crippen molar-refractivity contribution in [1.29, 1.82) is 5.26 Å². The molecule has 0 N–H and O–H groups in total. The molecule has 0 fully saturated rings. The average molecular weight is 227 g/mol. The van der Waals surface area contributed by atoms with E-state index in [1.165, 1.54) is 12.5 Å². The van der Waals surface area contributed by atoms with Crippen LogP contribution < -0.4 is 0 Å². The van der Waals surface area contributed by atoms with Gasteiger partial charge in [0.15, 0.2) is 5.82 Å². The Labute approximate surface area is 91.8 Å². The van der Waals surface area contributed by atoms with E-state index >= 15 is 0 Å². The molecule has 0 aromatic carbocycles. The van der Waals surface area contributed by atoms with Crippen LogP contribution in [-0.2, 0) is 4.74 Å². The van der Waals surface area contributed by atoms with Crippen molar-refractivity contribution in [3.63, 3.8) is 0 Å². The number of nitriles is 1. The van der Waals surface area contributed by atoms with E-state index in [0.717, 1.165) is 6.07 Å². The van der Waals surface area contributed by atoms with Crippen LogP contribution in [0.3, 0.4) is 0 Å². The van der Waals surface area contributed by atoms with E-state index in [1.807, 2.05) is 0 Å². The van der Waals surface area contributed by atoms with E-state index in [0.29, 0.717) is 6.61 Å². The van der Waals surface area contributed by atoms with Gasteiger partial charge in [-0.25, -0.2) is 4.39 Å². The predicted molar refractivity (Wildman–Crippen MR) is 54.4 cm³/mol. The Hall–Kier alpha value is -1.60. The van der Waals surface area contributed by atoms with Crippen molar-refractivity contribution in [3.05, 3.63) is 35.1 Å². The van der Waals surface area contributed by atoms with E-state index in [2.05, 4.69) is 4.98 Å². The fourth-order valence-electron chi connectivity index (χ4n) is 0.915. The molecule has 1 aromatic heterocycles. The summed E-state index contributed by atoms with van der Waals surface area (Å²) in [5, 5.41) is 8.95. The lowest BCUT2D eigenvalue weighted by Crippen LogP contribution is -1.94. The fraction of sp³-hybridized carbons (Fsp3) is 0.200. The van der Waals surface area contributed by atoms with E-state index in [1.54, 1.807) is 13.0 Å². The molecule has 0 saturated heterocycles. The van der Waals surface area contributed by atoms with Crippen LogP contribution in [0.4, 0.5) is 4.39 Å². The highest BCUT2D eigenvalue weighted by atomic mass is 35.5. The number of halogens is 2. The summed E-state index contributed by atoms with van der Waals surface area (Å²) < 4.78 is 18.2. The van der Waals surface area contributed by atoms with Crippen LogP contribution in [-0.4, -0.2) is 11.6 Å². The molecule has 3 nitrogen and oxygen atoms in total. The molecule has 0 aliphatic rings. The van der Waals surface area contributed by atoms with Crippen LogP contribution in [0, 0.1) is 17.1 Å². The summed E-state index contributed by atoms with van der Waals surface area (Å²) in [5.74, 6) is -0.644. The Kier molecular flexibility index (Phi) is 4.07. The van der Waals surface area contributed by atoms with Gasteiger partial charge in [0.2, 0.25) is 0 Å². The number of allylic oxidation sites excluding steroid dienone is 1. The average Bonchev–Trinajstić information content (AvgIpc) is 2.21. The molecule has 0 spiro atoms. The normalized spacial score (nSPS) is 10.9. The molecule has 0 unspecified atom stereocenters. The zero-order chi connectivity index (χ0) is 11.3. The first-order chi connectivity index (χ1) is 7.19. The van der Waals surface area contributed by atoms with Gasteiger partial charge in [-0.05, 0) is 13.0 Å². The van der Waals surface area contributed by atoms with Crippen LogP contribution in [0.1, 0.15) is 12.6 Å². The van der Waals surface area contributed by atoms with Crippen molar-refractivity contribution >= 4 is 17.2 Å². The number of pyridine rings is 1. The molecule has 0 bridgehead atoms. The summed E-state index contributed by atoms with van der Waals surface area (Å²) >= 11 is 5.53. The van der Waals surface area contributed by atoms with Crippen molar-refractivity contribution in [3.8, 4) is 6.07 Å². The van der Waals surface area contributed by atoms with Gasteiger partial charge < -0.3 is 4.74 Å². The minimum Gasteiger partial charge on any atom is -0.500 e. The van der Waals surface area contributed by atoms with E-state index < -0.39 is 5.82 Å². The van der Waals surface area contributed by atoms with Crippen LogP contribution in [0.5, 0.6) is 0 Å². The van der Waals surface area contributed by atoms with Gasteiger partial charge in [-0.1, -0.05) is 11.6 Å². The number of hydrogen-bond donors (Lipinski definition) is 0. The SMILES string of the molecule is CCOC=C(C#N)c1ncc(Cl)cc1F. The zero-order valence-corrected chi connectivity index (χ0v) is 8.75. The van der Waals surface area contributed by atoms with Gasteiger partial charge in [0.1, 0.15) is 23.6 Å². The van der Waals surface area contributed by atoms with Crippen LogP contribution in [0.25, 0.3) is 5.57 Å². The van der Waals surface area contributed by atoms with E-state index in [4.69, 9.17) is 21.6 Å². The molecule has 0 atom stereocenters. The van der Waals surface area contributed by atoms with Crippen molar-refractivity contribution < 1.29 is 9.13 Å². The number of rotatable bonds is 3. The topological polar surface area (TPSA) is 45.9 Å². The number of aromatic nitrogens is 1. The highest BCUT2D eigenvalue weighted by molar-refractivity contribution is 6.30. The molecule has 15 heavy (non-hydrogen) atoms. The van der Waals surface area contributed by atoms with Gasteiger partial charge in [-0.15, -0.1) is 0 Å². The number of hydrogen-bond acceptors (Lipinski definition) is 3. The van der Waals surface area contributed by atoms with Gasteiger partial charge >= 0.3 is 0 Å². The first kappa shape index (κ1) is 11.5. The van der Waals surface area contributed by atoms with Crippen molar-refractivity contribution in [1.82, 2.24) is 4.98 Å². The summed E-state index contributed by atoms with van der Waals surface area (Å²) in [6.45, 7) is 2.16. The van der Waals surface area contributed by atoms with Crippen LogP contribution in [0.2, 0.25) is 5.02 Å². The Morgan fingerprint density at radius 3 is 3.07 bits per heavy atom. The van der Waals surface area contributed by atoms with Gasteiger partial charge in [-0.2, -0.15) is 5.26 Å². The summed E-state index contributed by atoms with van der Waals surface area (Å²) in [7, 11) is 0. The maximum absolute atomic E-state index is 13.3. The fourth-order valence-corrected chi connectivity index (χ4v) is 1.06. The van der Waals surface area contributed by atoms with Gasteiger partial charge in [0.05, 0.1) is 11.6 Å². The van der Waals surface area contributed by atoms with Gasteiger partial charge in [0, 0.05) is 6.20 Å². The molecule has 1 aromatic rings. The zero-order valence-electron chi connectivity index (χ0n) is 8.00. The lowest BCUT2D eigenvalue weighted by Gasteiger charge is -2.01. The molecular formula is C10H8ClFN2O. The first-order valence-electron chi connectivity index (χ1n) is 4.22. The van der Waals surface area contributed by atoms with Crippen molar-refractivity contribution in [2.75, 3.05) is 6.61 Å². The Bertz CT molecular complexity index is 426. The summed E-state index contributed by atoms with van der Waals surface area (Å²) in [5.41, 5.74) is -0.0265. The van der Waals surface area contributed by atoms with Crippen molar-refractivity contribution in [2.45, 2.75) is 6.92 Å². The lowest BCUT2D eigenvalue weighted by molar-refractivity contribution is 0.271. The summed E-state index contributed by atoms with van der Waals surface area (Å²) in [4.78, 5) is 3.72. The monoisotopic (exact) mass is 226 g/mol. The lowest BCUT2D eigenvalue weighted by atomic mass is 10.2. The third kappa shape index (κ3) is 2.93. The molecule has 0 amide bonds.